The van der Waals surface area contributed by atoms with Gasteiger partial charge in [-0.15, -0.1) is 0 Å². The molecule has 6 heteroatoms. The maximum Gasteiger partial charge on any atom is 0.201 e. The predicted octanol–water partition coefficient (Wildman–Crippen LogP) is 3.13. The first-order valence-electron chi connectivity index (χ1n) is 8.88. The number of Topliss-reactive ketones (excluding diaryl/α,β-unsaturated/α-hetero) is 1. The molecule has 1 atom stereocenters. The average Bonchev–Trinajstić information content (AvgIpc) is 2.58. The Bertz CT molecular complexity index is 1230. The van der Waals surface area contributed by atoms with Crippen LogP contribution in [0.25, 0.3) is 0 Å². The molecule has 3 N–H and O–H groups in total. The molecule has 0 aliphatic heterocycles. The molecule has 0 amide bonds. The summed E-state index contributed by atoms with van der Waals surface area (Å²) in [4.78, 5) is 39.3. The van der Waals surface area contributed by atoms with Crippen LogP contribution in [-0.4, -0.2) is 32.7 Å². The van der Waals surface area contributed by atoms with E-state index in [0.29, 0.717) is 22.3 Å². The Morgan fingerprint density at radius 2 is 1.36 bits per heavy atom. The Morgan fingerprint density at radius 3 is 2.00 bits per heavy atom. The van der Waals surface area contributed by atoms with Gasteiger partial charge in [0.15, 0.2) is 11.6 Å². The second-order valence-corrected chi connectivity index (χ2v) is 8.13. The minimum atomic E-state index is -1.10. The molecule has 6 nitrogen and oxygen atoms in total. The largest absolute Gasteiger partial charge is 0.507 e. The van der Waals surface area contributed by atoms with E-state index in [1.807, 2.05) is 0 Å². The Morgan fingerprint density at radius 1 is 0.821 bits per heavy atom. The van der Waals surface area contributed by atoms with E-state index in [-0.39, 0.29) is 33.8 Å². The van der Waals surface area contributed by atoms with E-state index in [4.69, 9.17) is 0 Å². The molecule has 3 aliphatic rings. The molecule has 0 spiro atoms. The molecule has 0 aromatic heterocycles. The van der Waals surface area contributed by atoms with E-state index in [0.717, 1.165) is 6.07 Å². The lowest BCUT2D eigenvalue weighted by molar-refractivity contribution is 0.0853. The van der Waals surface area contributed by atoms with Crippen molar-refractivity contribution in [2.24, 2.45) is 5.41 Å². The van der Waals surface area contributed by atoms with Crippen LogP contribution in [0.2, 0.25) is 0 Å². The quantitative estimate of drug-likeness (QED) is 0.651. The summed E-state index contributed by atoms with van der Waals surface area (Å²) in [5.74, 6) is -3.23. The zero-order chi connectivity index (χ0) is 20.3. The predicted molar refractivity (Wildman–Crippen MR) is 98.4 cm³/mol. The first kappa shape index (κ1) is 16.7. The summed E-state index contributed by atoms with van der Waals surface area (Å²) in [6.45, 7) is 5.01. The van der Waals surface area contributed by atoms with E-state index in [2.05, 4.69) is 0 Å². The van der Waals surface area contributed by atoms with Crippen LogP contribution >= 0.6 is 0 Å². The molecule has 2 aromatic rings. The van der Waals surface area contributed by atoms with Gasteiger partial charge in [0.2, 0.25) is 5.78 Å². The first-order valence-corrected chi connectivity index (χ1v) is 8.88. The van der Waals surface area contributed by atoms with Gasteiger partial charge in [-0.2, -0.15) is 0 Å². The van der Waals surface area contributed by atoms with E-state index in [1.54, 1.807) is 20.8 Å². The van der Waals surface area contributed by atoms with Crippen molar-refractivity contribution in [3.63, 3.8) is 0 Å². The lowest BCUT2D eigenvalue weighted by Crippen LogP contribution is -2.41. The number of benzene rings is 2. The molecular weight excluding hydrogens is 360 g/mol. The lowest BCUT2D eigenvalue weighted by atomic mass is 9.56. The molecule has 3 aliphatic carbocycles. The van der Waals surface area contributed by atoms with E-state index in [9.17, 15) is 29.7 Å². The van der Waals surface area contributed by atoms with Crippen molar-refractivity contribution in [2.45, 2.75) is 26.7 Å². The van der Waals surface area contributed by atoms with Crippen LogP contribution in [0.1, 0.15) is 73.1 Å². The topological polar surface area (TPSA) is 112 Å². The lowest BCUT2D eigenvalue weighted by Gasteiger charge is -2.45. The van der Waals surface area contributed by atoms with Gasteiger partial charge < -0.3 is 15.3 Å². The number of rotatable bonds is 0. The molecule has 1 unspecified atom stereocenters. The summed E-state index contributed by atoms with van der Waals surface area (Å²) in [7, 11) is 0. The van der Waals surface area contributed by atoms with Gasteiger partial charge in [0.05, 0.1) is 22.1 Å². The molecule has 0 saturated carbocycles. The average molecular weight is 376 g/mol. The van der Waals surface area contributed by atoms with Crippen LogP contribution in [0.4, 0.5) is 0 Å². The maximum absolute atomic E-state index is 13.2. The summed E-state index contributed by atoms with van der Waals surface area (Å²) in [5, 5.41) is 31.4. The number of hydrogen-bond donors (Lipinski definition) is 3. The first-order chi connectivity index (χ1) is 13.1. The van der Waals surface area contributed by atoms with Gasteiger partial charge >= 0.3 is 0 Å². The number of aryl methyl sites for hydroxylation is 1. The van der Waals surface area contributed by atoms with E-state index < -0.39 is 34.4 Å². The van der Waals surface area contributed by atoms with Crippen LogP contribution in [0, 0.1) is 12.3 Å². The van der Waals surface area contributed by atoms with Crippen LogP contribution in [0.15, 0.2) is 23.8 Å². The van der Waals surface area contributed by atoms with Crippen LogP contribution in [0.5, 0.6) is 17.2 Å². The molecule has 0 bridgehead atoms. The van der Waals surface area contributed by atoms with E-state index in [1.165, 1.54) is 12.1 Å². The van der Waals surface area contributed by atoms with Gasteiger partial charge in [-0.25, -0.2) is 0 Å². The summed E-state index contributed by atoms with van der Waals surface area (Å²) in [6, 6.07) is 2.35. The van der Waals surface area contributed by atoms with Crippen molar-refractivity contribution >= 4 is 17.3 Å². The monoisotopic (exact) mass is 376 g/mol. The third kappa shape index (κ3) is 1.62. The minimum Gasteiger partial charge on any atom is -0.507 e. The second-order valence-electron chi connectivity index (χ2n) is 8.13. The fraction of sp³-hybridized carbons (Fsp3) is 0.227. The molecule has 0 heterocycles. The number of aromatic hydroxyl groups is 3. The molecule has 5 rings (SSSR count). The van der Waals surface area contributed by atoms with Crippen molar-refractivity contribution in [1.29, 1.82) is 0 Å². The van der Waals surface area contributed by atoms with Gasteiger partial charge in [0, 0.05) is 17.5 Å². The van der Waals surface area contributed by atoms with Gasteiger partial charge in [0.1, 0.15) is 17.2 Å². The fourth-order valence-electron chi connectivity index (χ4n) is 4.98. The summed E-state index contributed by atoms with van der Waals surface area (Å²) in [5.41, 5.74) is 0.635. The standard InChI is InChI=1S/C22H16O6/c1-7-4-9(23)15-18-13(7)10(24)5-8-14(18)19-16(20(15)27)11(25)6-12(26)17(19)21(28)22(8,2)3/h4-6,14,23,25-26H,1-3H3. The second kappa shape index (κ2) is 4.70. The third-order valence-corrected chi connectivity index (χ3v) is 6.26. The number of phenols is 3. The maximum atomic E-state index is 13.2. The highest BCUT2D eigenvalue weighted by Gasteiger charge is 2.53. The van der Waals surface area contributed by atoms with Crippen molar-refractivity contribution in [2.75, 3.05) is 0 Å². The molecule has 0 radical (unpaired) electrons. The van der Waals surface area contributed by atoms with Crippen LogP contribution in [0.3, 0.4) is 0 Å². The van der Waals surface area contributed by atoms with Gasteiger partial charge in [-0.3, -0.25) is 14.4 Å². The third-order valence-electron chi connectivity index (χ3n) is 6.26. The van der Waals surface area contributed by atoms with Gasteiger partial charge in [-0.05, 0) is 55.2 Å². The summed E-state index contributed by atoms with van der Waals surface area (Å²) >= 11 is 0. The molecular formula is C22H16O6. The Kier molecular flexibility index (Phi) is 2.81. The summed E-state index contributed by atoms with van der Waals surface area (Å²) in [6.07, 6.45) is 1.42. The van der Waals surface area contributed by atoms with Gasteiger partial charge in [-0.1, -0.05) is 0 Å². The molecule has 0 fully saturated rings. The number of hydrogen-bond acceptors (Lipinski definition) is 6. The van der Waals surface area contributed by atoms with Gasteiger partial charge in [0.25, 0.3) is 0 Å². The number of allylic oxidation sites excluding steroid dienone is 2. The number of ketones is 3. The highest BCUT2D eigenvalue weighted by Crippen LogP contribution is 2.59. The Hall–Kier alpha value is -3.41. The minimum absolute atomic E-state index is 0.0137. The van der Waals surface area contributed by atoms with Crippen LogP contribution < -0.4 is 0 Å². The zero-order valence-corrected chi connectivity index (χ0v) is 15.4. The highest BCUT2D eigenvalue weighted by atomic mass is 16.3. The molecule has 140 valence electrons. The SMILES string of the molecule is Cc1cc(O)c2c3c1C(=O)C=C1C3c3c(c(O)cc(O)c3C(=O)C1(C)C)C2=O. The van der Waals surface area contributed by atoms with E-state index >= 15 is 0 Å². The number of phenolic OH excluding ortho intramolecular Hbond substituents is 3. The normalized spacial score (nSPS) is 20.8. The Balaban J connectivity index is 2.07. The Labute approximate surface area is 159 Å². The number of carbonyl (C=O) groups excluding carboxylic acids is 3. The van der Waals surface area contributed by atoms with Crippen molar-refractivity contribution in [3.05, 3.63) is 62.7 Å². The smallest absolute Gasteiger partial charge is 0.201 e. The highest BCUT2D eigenvalue weighted by molar-refractivity contribution is 6.24. The molecule has 0 saturated heterocycles. The fourth-order valence-corrected chi connectivity index (χ4v) is 4.98. The number of carbonyl (C=O) groups is 3. The van der Waals surface area contributed by atoms with Crippen LogP contribution in [-0.2, 0) is 0 Å². The molecule has 28 heavy (non-hydrogen) atoms. The summed E-state index contributed by atoms with van der Waals surface area (Å²) < 4.78 is 0. The van der Waals surface area contributed by atoms with Crippen molar-refractivity contribution in [1.82, 2.24) is 0 Å². The van der Waals surface area contributed by atoms with Crippen molar-refractivity contribution < 1.29 is 29.7 Å². The zero-order valence-electron chi connectivity index (χ0n) is 15.4. The molecule has 2 aromatic carbocycles. The van der Waals surface area contributed by atoms with Crippen molar-refractivity contribution in [3.8, 4) is 17.2 Å².